The van der Waals surface area contributed by atoms with Crippen molar-refractivity contribution in [1.29, 1.82) is 0 Å². The van der Waals surface area contributed by atoms with Crippen molar-refractivity contribution < 1.29 is 4.79 Å². The number of amides is 1. The van der Waals surface area contributed by atoms with E-state index >= 15 is 0 Å². The second-order valence-electron chi connectivity index (χ2n) is 3.65. The molecule has 74 valence electrons. The highest BCUT2D eigenvalue weighted by Gasteiger charge is 2.24. The fourth-order valence-corrected chi connectivity index (χ4v) is 1.88. The van der Waals surface area contributed by atoms with Crippen LogP contribution in [0.2, 0.25) is 0 Å². The first-order chi connectivity index (χ1) is 6.15. The molecule has 3 nitrogen and oxygen atoms in total. The number of nitrogens with two attached hydrogens (primary N) is 1. The van der Waals surface area contributed by atoms with E-state index in [1.54, 1.807) is 0 Å². The zero-order valence-electron chi connectivity index (χ0n) is 8.25. The van der Waals surface area contributed by atoms with Crippen LogP contribution in [-0.2, 0) is 4.79 Å². The summed E-state index contributed by atoms with van der Waals surface area (Å²) in [7, 11) is 0. The van der Waals surface area contributed by atoms with E-state index in [4.69, 9.17) is 5.73 Å². The van der Waals surface area contributed by atoms with Gasteiger partial charge in [-0.15, -0.1) is 0 Å². The van der Waals surface area contributed by atoms with E-state index in [2.05, 4.69) is 11.5 Å². The number of hydrogen-bond donors (Lipinski definition) is 1. The molecule has 1 amide bonds. The first-order valence-corrected chi connectivity index (χ1v) is 4.85. The Labute approximate surface area is 79.6 Å². The summed E-state index contributed by atoms with van der Waals surface area (Å²) < 4.78 is 0. The zero-order chi connectivity index (χ0) is 9.84. The summed E-state index contributed by atoms with van der Waals surface area (Å²) in [5.41, 5.74) is 6.53. The molecule has 0 aromatic heterocycles. The minimum Gasteiger partial charge on any atom is -0.368 e. The van der Waals surface area contributed by atoms with E-state index in [0.29, 0.717) is 0 Å². The van der Waals surface area contributed by atoms with Crippen LogP contribution in [0.4, 0.5) is 0 Å². The summed E-state index contributed by atoms with van der Waals surface area (Å²) in [5, 5.41) is 0. The smallest absolute Gasteiger partial charge is 0.234 e. The topological polar surface area (TPSA) is 46.3 Å². The highest BCUT2D eigenvalue weighted by atomic mass is 16.1. The van der Waals surface area contributed by atoms with Gasteiger partial charge in [0, 0.05) is 6.54 Å². The average Bonchev–Trinajstić information content (AvgIpc) is 2.04. The molecule has 1 unspecified atom stereocenters. The van der Waals surface area contributed by atoms with Crippen molar-refractivity contribution in [1.82, 2.24) is 4.90 Å². The molecule has 0 aromatic carbocycles. The third-order valence-corrected chi connectivity index (χ3v) is 2.56. The maximum atomic E-state index is 11.1. The van der Waals surface area contributed by atoms with Crippen LogP contribution in [0, 0.1) is 0 Å². The lowest BCUT2D eigenvalue weighted by Crippen LogP contribution is -2.47. The zero-order valence-corrected chi connectivity index (χ0v) is 8.25. The molecule has 1 aliphatic rings. The summed E-state index contributed by atoms with van der Waals surface area (Å²) in [6, 6.07) is -0.1000. The SMILES string of the molecule is C=C1CCCN(C(CC)C(N)=O)C1. The maximum Gasteiger partial charge on any atom is 0.234 e. The Kier molecular flexibility index (Phi) is 3.48. The Bertz CT molecular complexity index is 213. The molecule has 1 saturated heterocycles. The lowest BCUT2D eigenvalue weighted by Gasteiger charge is -2.33. The first kappa shape index (κ1) is 10.3. The van der Waals surface area contributed by atoms with Gasteiger partial charge in [0.25, 0.3) is 0 Å². The van der Waals surface area contributed by atoms with Crippen molar-refractivity contribution in [3.05, 3.63) is 12.2 Å². The van der Waals surface area contributed by atoms with Crippen molar-refractivity contribution in [2.75, 3.05) is 13.1 Å². The van der Waals surface area contributed by atoms with Crippen LogP contribution in [0.5, 0.6) is 0 Å². The molecular weight excluding hydrogens is 164 g/mol. The molecular formula is C10H18N2O. The highest BCUT2D eigenvalue weighted by Crippen LogP contribution is 2.17. The summed E-state index contributed by atoms with van der Waals surface area (Å²) in [4.78, 5) is 13.2. The van der Waals surface area contributed by atoms with Gasteiger partial charge >= 0.3 is 0 Å². The number of nitrogens with zero attached hydrogens (tertiary/aromatic N) is 1. The monoisotopic (exact) mass is 182 g/mol. The van der Waals surface area contributed by atoms with Crippen LogP contribution in [0.25, 0.3) is 0 Å². The third kappa shape index (κ3) is 2.56. The van der Waals surface area contributed by atoms with Crippen LogP contribution in [-0.4, -0.2) is 29.9 Å². The standard InChI is InChI=1S/C10H18N2O/c1-3-9(10(11)13)12-6-4-5-8(2)7-12/h9H,2-7H2,1H3,(H2,11,13). The lowest BCUT2D eigenvalue weighted by molar-refractivity contribution is -0.123. The van der Waals surface area contributed by atoms with E-state index < -0.39 is 0 Å². The van der Waals surface area contributed by atoms with E-state index in [-0.39, 0.29) is 11.9 Å². The Morgan fingerprint density at radius 2 is 2.46 bits per heavy atom. The summed E-state index contributed by atoms with van der Waals surface area (Å²) in [6.45, 7) is 7.75. The first-order valence-electron chi connectivity index (χ1n) is 4.85. The fourth-order valence-electron chi connectivity index (χ4n) is 1.88. The normalized spacial score (nSPS) is 21.5. The molecule has 2 N–H and O–H groups in total. The number of likely N-dealkylation sites (tertiary alicyclic amines) is 1. The quantitative estimate of drug-likeness (QED) is 0.659. The molecule has 0 spiro atoms. The van der Waals surface area contributed by atoms with E-state index in [1.807, 2.05) is 6.92 Å². The molecule has 0 aromatic rings. The third-order valence-electron chi connectivity index (χ3n) is 2.56. The lowest BCUT2D eigenvalue weighted by atomic mass is 10.0. The van der Waals surface area contributed by atoms with E-state index in [9.17, 15) is 4.79 Å². The van der Waals surface area contributed by atoms with Gasteiger partial charge in [-0.25, -0.2) is 0 Å². The molecule has 1 fully saturated rings. The highest BCUT2D eigenvalue weighted by molar-refractivity contribution is 5.79. The number of rotatable bonds is 3. The van der Waals surface area contributed by atoms with Gasteiger partial charge < -0.3 is 5.73 Å². The number of primary amides is 1. The minimum absolute atomic E-state index is 0.1000. The molecule has 1 rings (SSSR count). The second kappa shape index (κ2) is 4.42. The molecule has 1 atom stereocenters. The number of piperidine rings is 1. The van der Waals surface area contributed by atoms with Crippen molar-refractivity contribution in [3.63, 3.8) is 0 Å². The van der Waals surface area contributed by atoms with Crippen LogP contribution in [0.1, 0.15) is 26.2 Å². The molecule has 0 aliphatic carbocycles. The average molecular weight is 182 g/mol. The minimum atomic E-state index is -0.211. The van der Waals surface area contributed by atoms with Crippen LogP contribution in [0.15, 0.2) is 12.2 Å². The number of carbonyl (C=O) groups excluding carboxylic acids is 1. The number of hydrogen-bond acceptors (Lipinski definition) is 2. The van der Waals surface area contributed by atoms with Crippen molar-refractivity contribution in [2.45, 2.75) is 32.2 Å². The second-order valence-corrected chi connectivity index (χ2v) is 3.65. The molecule has 13 heavy (non-hydrogen) atoms. The van der Waals surface area contributed by atoms with Gasteiger partial charge in [-0.3, -0.25) is 9.69 Å². The van der Waals surface area contributed by atoms with Gasteiger partial charge in [0.1, 0.15) is 0 Å². The largest absolute Gasteiger partial charge is 0.368 e. The predicted molar refractivity (Wildman–Crippen MR) is 53.2 cm³/mol. The van der Waals surface area contributed by atoms with Gasteiger partial charge in [-0.2, -0.15) is 0 Å². The van der Waals surface area contributed by atoms with Crippen LogP contribution >= 0.6 is 0 Å². The van der Waals surface area contributed by atoms with Gasteiger partial charge in [-0.05, 0) is 25.8 Å². The maximum absolute atomic E-state index is 11.1. The van der Waals surface area contributed by atoms with Gasteiger partial charge in [0.2, 0.25) is 5.91 Å². The molecule has 0 saturated carbocycles. The van der Waals surface area contributed by atoms with Crippen molar-refractivity contribution in [2.24, 2.45) is 5.73 Å². The Morgan fingerprint density at radius 3 is 2.92 bits per heavy atom. The fraction of sp³-hybridized carbons (Fsp3) is 0.700. The molecule has 3 heteroatoms. The van der Waals surface area contributed by atoms with Crippen molar-refractivity contribution >= 4 is 5.91 Å². The Balaban J connectivity index is 2.57. The van der Waals surface area contributed by atoms with E-state index in [1.165, 1.54) is 5.57 Å². The predicted octanol–water partition coefficient (Wildman–Crippen LogP) is 0.902. The summed E-state index contributed by atoms with van der Waals surface area (Å²) in [6.07, 6.45) is 2.98. The Hall–Kier alpha value is -0.830. The summed E-state index contributed by atoms with van der Waals surface area (Å²) in [5.74, 6) is -0.211. The van der Waals surface area contributed by atoms with Crippen LogP contribution in [0.3, 0.4) is 0 Å². The Morgan fingerprint density at radius 1 is 1.77 bits per heavy atom. The molecule has 1 aliphatic heterocycles. The van der Waals surface area contributed by atoms with Gasteiger partial charge in [-0.1, -0.05) is 19.1 Å². The van der Waals surface area contributed by atoms with E-state index in [0.717, 1.165) is 32.4 Å². The number of carbonyl (C=O) groups is 1. The van der Waals surface area contributed by atoms with Crippen molar-refractivity contribution in [3.8, 4) is 0 Å². The summed E-state index contributed by atoms with van der Waals surface area (Å²) >= 11 is 0. The van der Waals surface area contributed by atoms with Crippen LogP contribution < -0.4 is 5.73 Å². The molecule has 1 heterocycles. The molecule has 0 bridgehead atoms. The van der Waals surface area contributed by atoms with Gasteiger partial charge in [0.05, 0.1) is 6.04 Å². The van der Waals surface area contributed by atoms with Gasteiger partial charge in [0.15, 0.2) is 0 Å². The molecule has 0 radical (unpaired) electrons.